The fourth-order valence-corrected chi connectivity index (χ4v) is 2.96. The van der Waals surface area contributed by atoms with Crippen LogP contribution in [0.25, 0.3) is 0 Å². The molecule has 1 aromatic heterocycles. The highest BCUT2D eigenvalue weighted by molar-refractivity contribution is 9.10. The Morgan fingerprint density at radius 1 is 1.62 bits per heavy atom. The van der Waals surface area contributed by atoms with Crippen LogP contribution in [-0.4, -0.2) is 19.1 Å². The van der Waals surface area contributed by atoms with Gasteiger partial charge in [-0.15, -0.1) is 4.72 Å². The van der Waals surface area contributed by atoms with E-state index in [0.717, 1.165) is 23.3 Å². The van der Waals surface area contributed by atoms with E-state index in [-0.39, 0.29) is 10.8 Å². The number of nitrogens with zero attached hydrogens (tertiary/aromatic N) is 2. The monoisotopic (exact) mass is 305 g/mol. The van der Waals surface area contributed by atoms with Gasteiger partial charge in [-0.05, 0) is 49.2 Å². The Hall–Kier alpha value is -0.0400. The van der Waals surface area contributed by atoms with Crippen LogP contribution in [0.1, 0.15) is 38.9 Å². The Kier molecular flexibility index (Phi) is 3.36. The van der Waals surface area contributed by atoms with Crippen LogP contribution in [0.5, 0.6) is 0 Å². The number of halogens is 1. The number of rotatable bonds is 2. The summed E-state index contributed by atoms with van der Waals surface area (Å²) in [5.41, 5.74) is 1.12. The Balaban J connectivity index is 2.08. The fourth-order valence-electron chi connectivity index (χ4n) is 1.68. The van der Waals surface area contributed by atoms with Crippen molar-refractivity contribution in [3.63, 3.8) is 0 Å². The van der Waals surface area contributed by atoms with Crippen molar-refractivity contribution in [2.75, 3.05) is 0 Å². The normalized spacial score (nSPS) is 22.2. The molecule has 0 fully saturated rings. The molecule has 1 aliphatic heterocycles. The molecular weight excluding hydrogens is 290 g/mol. The zero-order valence-corrected chi connectivity index (χ0v) is 12.1. The Morgan fingerprint density at radius 2 is 2.31 bits per heavy atom. The first-order chi connectivity index (χ1) is 7.38. The molecule has 0 saturated carbocycles. The number of hydrogen-bond acceptors (Lipinski definition) is 3. The van der Waals surface area contributed by atoms with E-state index in [2.05, 4.69) is 25.8 Å². The standard InChI is InChI=1S/C10H16BrN3OS/c1-10(2,3)16(15)13-7-4-5-14-8(7)6-9(11)12-14/h6-7,13H,4-5H2,1-3H3/t7-,16+/m0/s1. The molecule has 0 radical (unpaired) electrons. The Labute approximate surface area is 107 Å². The second-order valence-corrected chi connectivity index (χ2v) is 7.77. The van der Waals surface area contributed by atoms with Gasteiger partial charge in [-0.25, -0.2) is 0 Å². The zero-order valence-electron chi connectivity index (χ0n) is 9.66. The first-order valence-corrected chi connectivity index (χ1v) is 7.23. The van der Waals surface area contributed by atoms with Crippen LogP contribution in [-0.2, 0) is 17.9 Å². The number of fused-ring (bicyclic) bond motifs is 1. The van der Waals surface area contributed by atoms with E-state index in [0.29, 0.717) is 0 Å². The zero-order chi connectivity index (χ0) is 11.9. The van der Waals surface area contributed by atoms with E-state index in [1.807, 2.05) is 31.5 Å². The molecule has 0 amide bonds. The lowest BCUT2D eigenvalue weighted by molar-refractivity contribution is 0.521. The van der Waals surface area contributed by atoms with Crippen LogP contribution < -0.4 is 4.72 Å². The number of aromatic nitrogens is 2. The van der Waals surface area contributed by atoms with Gasteiger partial charge < -0.3 is 4.55 Å². The molecule has 0 aromatic carbocycles. The first-order valence-electron chi connectivity index (χ1n) is 5.29. The van der Waals surface area contributed by atoms with Crippen molar-refractivity contribution in [2.24, 2.45) is 0 Å². The lowest BCUT2D eigenvalue weighted by Gasteiger charge is -2.25. The van der Waals surface area contributed by atoms with Gasteiger partial charge in [-0.1, -0.05) is 0 Å². The third kappa shape index (κ3) is 2.45. The molecule has 0 bridgehead atoms. The second-order valence-electron chi connectivity index (χ2n) is 4.96. The molecule has 90 valence electrons. The average molecular weight is 306 g/mol. The van der Waals surface area contributed by atoms with Crippen molar-refractivity contribution in [3.8, 4) is 0 Å². The summed E-state index contributed by atoms with van der Waals surface area (Å²) in [6.07, 6.45) is 0.956. The van der Waals surface area contributed by atoms with Crippen LogP contribution in [0.15, 0.2) is 10.7 Å². The van der Waals surface area contributed by atoms with Crippen molar-refractivity contribution in [1.29, 1.82) is 0 Å². The molecule has 0 spiro atoms. The molecule has 2 atom stereocenters. The van der Waals surface area contributed by atoms with Crippen molar-refractivity contribution in [2.45, 2.75) is 44.5 Å². The Morgan fingerprint density at radius 3 is 2.94 bits per heavy atom. The molecule has 4 nitrogen and oxygen atoms in total. The first kappa shape index (κ1) is 12.4. The molecule has 0 aliphatic carbocycles. The summed E-state index contributed by atoms with van der Waals surface area (Å²) in [6, 6.07) is 2.14. The van der Waals surface area contributed by atoms with Crippen molar-refractivity contribution in [3.05, 3.63) is 16.4 Å². The third-order valence-corrected chi connectivity index (χ3v) is 4.57. The molecule has 1 aliphatic rings. The fraction of sp³-hybridized carbons (Fsp3) is 0.700. The average Bonchev–Trinajstić information content (AvgIpc) is 2.65. The lowest BCUT2D eigenvalue weighted by Crippen LogP contribution is -2.40. The van der Waals surface area contributed by atoms with Crippen LogP contribution in [0.2, 0.25) is 0 Å². The van der Waals surface area contributed by atoms with Gasteiger partial charge in [0, 0.05) is 17.9 Å². The number of aryl methyl sites for hydroxylation is 1. The lowest BCUT2D eigenvalue weighted by atomic mass is 10.2. The smallest absolute Gasteiger partial charge is 0.136 e. The van der Waals surface area contributed by atoms with Gasteiger partial charge in [0.2, 0.25) is 0 Å². The quantitative estimate of drug-likeness (QED) is 0.852. The summed E-state index contributed by atoms with van der Waals surface area (Å²) in [6.45, 7) is 6.80. The van der Waals surface area contributed by atoms with Crippen LogP contribution in [0.4, 0.5) is 0 Å². The largest absolute Gasteiger partial charge is 0.598 e. The maximum Gasteiger partial charge on any atom is 0.136 e. The van der Waals surface area contributed by atoms with Gasteiger partial charge in [0.25, 0.3) is 0 Å². The molecule has 0 saturated heterocycles. The maximum absolute atomic E-state index is 12.0. The second kappa shape index (κ2) is 4.33. The summed E-state index contributed by atoms with van der Waals surface area (Å²) >= 11 is 2.32. The minimum Gasteiger partial charge on any atom is -0.598 e. The van der Waals surface area contributed by atoms with E-state index in [9.17, 15) is 4.55 Å². The van der Waals surface area contributed by atoms with E-state index in [4.69, 9.17) is 0 Å². The maximum atomic E-state index is 12.0. The van der Waals surface area contributed by atoms with E-state index >= 15 is 0 Å². The van der Waals surface area contributed by atoms with Gasteiger partial charge >= 0.3 is 0 Å². The van der Waals surface area contributed by atoms with Crippen LogP contribution in [0.3, 0.4) is 0 Å². The number of nitrogens with one attached hydrogen (secondary N) is 1. The van der Waals surface area contributed by atoms with Gasteiger partial charge in [0.1, 0.15) is 9.35 Å². The predicted molar refractivity (Wildman–Crippen MR) is 68.3 cm³/mol. The summed E-state index contributed by atoms with van der Waals surface area (Å²) < 4.78 is 17.7. The minimum absolute atomic E-state index is 0.152. The molecule has 2 heterocycles. The van der Waals surface area contributed by atoms with E-state index in [1.165, 1.54) is 0 Å². The molecule has 1 N–H and O–H groups in total. The SMILES string of the molecule is CC(C)(C)[S@@+]([O-])N[C@H]1CCn2nc(Br)cc21. The number of hydrogen-bond donors (Lipinski definition) is 1. The summed E-state index contributed by atoms with van der Waals surface area (Å²) in [5.74, 6) is 0. The third-order valence-electron chi connectivity index (χ3n) is 2.57. The molecule has 6 heteroatoms. The van der Waals surface area contributed by atoms with Gasteiger partial charge in [0.15, 0.2) is 0 Å². The summed E-state index contributed by atoms with van der Waals surface area (Å²) in [5, 5.41) is 4.31. The van der Waals surface area contributed by atoms with Gasteiger partial charge in [0.05, 0.1) is 11.7 Å². The molecule has 2 rings (SSSR count). The Bertz CT molecular complexity index is 388. The van der Waals surface area contributed by atoms with Gasteiger partial charge in [-0.2, -0.15) is 5.10 Å². The summed E-state index contributed by atoms with van der Waals surface area (Å²) in [7, 11) is 0. The molecular formula is C10H16BrN3OS. The van der Waals surface area contributed by atoms with Crippen LogP contribution >= 0.6 is 15.9 Å². The molecule has 16 heavy (non-hydrogen) atoms. The highest BCUT2D eigenvalue weighted by Crippen LogP contribution is 2.29. The molecule has 0 unspecified atom stereocenters. The van der Waals surface area contributed by atoms with E-state index < -0.39 is 11.4 Å². The topological polar surface area (TPSA) is 52.9 Å². The van der Waals surface area contributed by atoms with E-state index in [1.54, 1.807) is 0 Å². The van der Waals surface area contributed by atoms with Crippen molar-refractivity contribution < 1.29 is 4.55 Å². The highest BCUT2D eigenvalue weighted by Gasteiger charge is 2.33. The predicted octanol–water partition coefficient (Wildman–Crippen LogP) is 2.14. The van der Waals surface area contributed by atoms with Gasteiger partial charge in [-0.3, -0.25) is 4.68 Å². The minimum atomic E-state index is -1.03. The van der Waals surface area contributed by atoms with Crippen molar-refractivity contribution in [1.82, 2.24) is 14.5 Å². The summed E-state index contributed by atoms with van der Waals surface area (Å²) in [4.78, 5) is 0. The molecule has 1 aromatic rings. The van der Waals surface area contributed by atoms with Crippen LogP contribution in [0, 0.1) is 0 Å². The highest BCUT2D eigenvalue weighted by atomic mass is 79.9. The van der Waals surface area contributed by atoms with Crippen molar-refractivity contribution >= 4 is 27.3 Å².